The van der Waals surface area contributed by atoms with Crippen molar-refractivity contribution in [3.8, 4) is 11.5 Å². The Bertz CT molecular complexity index is 571. The predicted molar refractivity (Wildman–Crippen MR) is 90.4 cm³/mol. The van der Waals surface area contributed by atoms with Gasteiger partial charge in [0.15, 0.2) is 5.96 Å². The van der Waals surface area contributed by atoms with Crippen LogP contribution in [0.3, 0.4) is 0 Å². The molecule has 120 valence electrons. The van der Waals surface area contributed by atoms with Gasteiger partial charge in [-0.1, -0.05) is 12.2 Å². The predicted octanol–water partition coefficient (Wildman–Crippen LogP) is 1.26. The number of aliphatic imine (C=N–C) groups is 2. The molecule has 0 amide bonds. The normalized spacial score (nSPS) is 14.7. The zero-order valence-corrected chi connectivity index (χ0v) is 13.3. The number of nitrogens with zero attached hydrogens (tertiary/aromatic N) is 3. The number of rotatable bonds is 3. The summed E-state index contributed by atoms with van der Waals surface area (Å²) < 4.78 is 10.3. The fourth-order valence-electron chi connectivity index (χ4n) is 1.87. The number of benzene rings is 1. The number of halogens is 1. The maximum atomic E-state index is 5.87. The van der Waals surface area contributed by atoms with Gasteiger partial charge in [-0.25, -0.2) is 4.99 Å². The SMILES string of the molecule is COc1cc(N=C(N)N=C(N)N2CC=CC2)cc(OC)c1.Cl. The number of nitrogens with two attached hydrogens (primary N) is 2. The van der Waals surface area contributed by atoms with Gasteiger partial charge in [-0.05, 0) is 0 Å². The van der Waals surface area contributed by atoms with Crippen LogP contribution >= 0.6 is 12.4 Å². The van der Waals surface area contributed by atoms with Crippen molar-refractivity contribution in [3.63, 3.8) is 0 Å². The van der Waals surface area contributed by atoms with E-state index in [1.807, 2.05) is 17.1 Å². The minimum atomic E-state index is 0. The monoisotopic (exact) mass is 325 g/mol. The number of hydrogen-bond acceptors (Lipinski definition) is 3. The molecule has 7 nitrogen and oxygen atoms in total. The second-order valence-corrected chi connectivity index (χ2v) is 4.39. The zero-order chi connectivity index (χ0) is 15.2. The molecule has 1 aromatic carbocycles. The average molecular weight is 326 g/mol. The third-order valence-electron chi connectivity index (χ3n) is 2.95. The molecule has 0 bridgehead atoms. The van der Waals surface area contributed by atoms with Crippen LogP contribution in [-0.4, -0.2) is 44.1 Å². The van der Waals surface area contributed by atoms with Gasteiger partial charge in [-0.2, -0.15) is 4.99 Å². The number of hydrogen-bond donors (Lipinski definition) is 2. The summed E-state index contributed by atoms with van der Waals surface area (Å²) in [6.07, 6.45) is 4.03. The highest BCUT2D eigenvalue weighted by Crippen LogP contribution is 2.27. The Balaban J connectivity index is 0.00000242. The summed E-state index contributed by atoms with van der Waals surface area (Å²) in [5.41, 5.74) is 12.3. The van der Waals surface area contributed by atoms with Gasteiger partial charge in [0.05, 0.1) is 19.9 Å². The average Bonchev–Trinajstić information content (AvgIpc) is 3.00. The molecule has 1 aliphatic rings. The maximum absolute atomic E-state index is 5.87. The first-order valence-corrected chi connectivity index (χ1v) is 6.43. The van der Waals surface area contributed by atoms with Gasteiger partial charge in [-0.15, -0.1) is 12.4 Å². The van der Waals surface area contributed by atoms with E-state index in [9.17, 15) is 0 Å². The summed E-state index contributed by atoms with van der Waals surface area (Å²) in [6.45, 7) is 1.46. The van der Waals surface area contributed by atoms with Crippen molar-refractivity contribution in [2.24, 2.45) is 21.5 Å². The highest BCUT2D eigenvalue weighted by Gasteiger charge is 2.09. The molecule has 1 aromatic rings. The first-order valence-electron chi connectivity index (χ1n) is 6.43. The van der Waals surface area contributed by atoms with Crippen LogP contribution < -0.4 is 20.9 Å². The summed E-state index contributed by atoms with van der Waals surface area (Å²) in [6, 6.07) is 5.22. The molecular formula is C14H20ClN5O2. The van der Waals surface area contributed by atoms with Gasteiger partial charge in [0, 0.05) is 31.3 Å². The molecule has 0 unspecified atom stereocenters. The van der Waals surface area contributed by atoms with Gasteiger partial charge in [0.2, 0.25) is 5.96 Å². The van der Waals surface area contributed by atoms with Crippen molar-refractivity contribution in [1.82, 2.24) is 4.90 Å². The molecule has 1 aliphatic heterocycles. The van der Waals surface area contributed by atoms with Crippen molar-refractivity contribution < 1.29 is 9.47 Å². The van der Waals surface area contributed by atoms with Gasteiger partial charge in [0.1, 0.15) is 11.5 Å². The van der Waals surface area contributed by atoms with E-state index in [1.165, 1.54) is 0 Å². The van der Waals surface area contributed by atoms with Crippen molar-refractivity contribution in [3.05, 3.63) is 30.4 Å². The quantitative estimate of drug-likeness (QED) is 0.495. The van der Waals surface area contributed by atoms with Crippen LogP contribution in [0.1, 0.15) is 0 Å². The van der Waals surface area contributed by atoms with Crippen LogP contribution in [0.2, 0.25) is 0 Å². The van der Waals surface area contributed by atoms with E-state index in [4.69, 9.17) is 20.9 Å². The van der Waals surface area contributed by atoms with E-state index in [0.29, 0.717) is 23.1 Å². The van der Waals surface area contributed by atoms with Crippen LogP contribution in [0.25, 0.3) is 0 Å². The Hall–Kier alpha value is -2.41. The Morgan fingerprint density at radius 1 is 1.05 bits per heavy atom. The summed E-state index contributed by atoms with van der Waals surface area (Å²) >= 11 is 0. The van der Waals surface area contributed by atoms with Crippen molar-refractivity contribution >= 4 is 30.0 Å². The lowest BCUT2D eigenvalue weighted by Crippen LogP contribution is -2.36. The lowest BCUT2D eigenvalue weighted by molar-refractivity contribution is 0.394. The molecule has 0 spiro atoms. The molecule has 0 saturated carbocycles. The topological polar surface area (TPSA) is 98.5 Å². The Labute approximate surface area is 135 Å². The third-order valence-corrected chi connectivity index (χ3v) is 2.95. The van der Waals surface area contributed by atoms with Gasteiger partial charge < -0.3 is 25.8 Å². The Kier molecular flexibility index (Phi) is 6.52. The highest BCUT2D eigenvalue weighted by molar-refractivity contribution is 5.94. The minimum Gasteiger partial charge on any atom is -0.497 e. The molecule has 2 rings (SSSR count). The summed E-state index contributed by atoms with van der Waals surface area (Å²) in [5.74, 6) is 1.68. The van der Waals surface area contributed by atoms with Crippen LogP contribution in [0, 0.1) is 0 Å². The van der Waals surface area contributed by atoms with E-state index in [0.717, 1.165) is 13.1 Å². The summed E-state index contributed by atoms with van der Waals surface area (Å²) in [4.78, 5) is 10.2. The van der Waals surface area contributed by atoms with E-state index in [2.05, 4.69) is 9.98 Å². The fraction of sp³-hybridized carbons (Fsp3) is 0.286. The zero-order valence-electron chi connectivity index (χ0n) is 12.5. The molecule has 0 aliphatic carbocycles. The Morgan fingerprint density at radius 3 is 2.09 bits per heavy atom. The van der Waals surface area contributed by atoms with Crippen LogP contribution in [0.4, 0.5) is 5.69 Å². The molecule has 0 aromatic heterocycles. The van der Waals surface area contributed by atoms with E-state index in [-0.39, 0.29) is 18.4 Å². The molecule has 0 atom stereocenters. The lowest BCUT2D eigenvalue weighted by Gasteiger charge is -2.15. The fourth-order valence-corrected chi connectivity index (χ4v) is 1.87. The molecular weight excluding hydrogens is 306 g/mol. The number of methoxy groups -OCH3 is 2. The summed E-state index contributed by atoms with van der Waals surface area (Å²) in [7, 11) is 3.14. The van der Waals surface area contributed by atoms with Gasteiger partial charge in [0.25, 0.3) is 0 Å². The second-order valence-electron chi connectivity index (χ2n) is 4.39. The first kappa shape index (κ1) is 17.6. The molecule has 8 heteroatoms. The highest BCUT2D eigenvalue weighted by atomic mass is 35.5. The van der Waals surface area contributed by atoms with Crippen molar-refractivity contribution in [2.45, 2.75) is 0 Å². The lowest BCUT2D eigenvalue weighted by atomic mass is 10.3. The standard InChI is InChI=1S/C14H19N5O2.ClH/c1-20-11-7-10(8-12(9-11)21-2)17-13(15)18-14(16)19-5-3-4-6-19;/h3-4,7-9H,5-6H2,1-2H3,(H4,15,16,17,18);1H. The molecule has 0 fully saturated rings. The second kappa shape index (κ2) is 8.14. The smallest absolute Gasteiger partial charge is 0.223 e. The number of ether oxygens (including phenoxy) is 2. The van der Waals surface area contributed by atoms with E-state index >= 15 is 0 Å². The van der Waals surface area contributed by atoms with Gasteiger partial charge >= 0.3 is 0 Å². The van der Waals surface area contributed by atoms with Crippen molar-refractivity contribution in [1.29, 1.82) is 0 Å². The van der Waals surface area contributed by atoms with E-state index in [1.54, 1.807) is 32.4 Å². The van der Waals surface area contributed by atoms with Gasteiger partial charge in [-0.3, -0.25) is 0 Å². The largest absolute Gasteiger partial charge is 0.497 e. The van der Waals surface area contributed by atoms with Crippen LogP contribution in [0.15, 0.2) is 40.3 Å². The van der Waals surface area contributed by atoms with E-state index < -0.39 is 0 Å². The number of guanidine groups is 2. The first-order chi connectivity index (χ1) is 10.1. The molecule has 1 heterocycles. The van der Waals surface area contributed by atoms with Crippen molar-refractivity contribution in [2.75, 3.05) is 27.3 Å². The molecule has 0 radical (unpaired) electrons. The molecule has 4 N–H and O–H groups in total. The molecule has 22 heavy (non-hydrogen) atoms. The maximum Gasteiger partial charge on any atom is 0.223 e. The Morgan fingerprint density at radius 2 is 1.59 bits per heavy atom. The van der Waals surface area contributed by atoms with Crippen LogP contribution in [-0.2, 0) is 0 Å². The summed E-state index contributed by atoms with van der Waals surface area (Å²) in [5, 5.41) is 0. The minimum absolute atomic E-state index is 0. The third kappa shape index (κ3) is 4.56. The van der Waals surface area contributed by atoms with Crippen LogP contribution in [0.5, 0.6) is 11.5 Å². The molecule has 0 saturated heterocycles.